The fraction of sp³-hybridized carbons (Fsp3) is 0.385. The Bertz CT molecular complexity index is 2690. The first-order chi connectivity index (χ1) is 32.9. The van der Waals surface area contributed by atoms with Gasteiger partial charge in [0.2, 0.25) is 12.3 Å². The third-order valence-electron chi connectivity index (χ3n) is 13.9. The Hall–Kier alpha value is -6.84. The van der Waals surface area contributed by atoms with Gasteiger partial charge in [-0.3, -0.25) is 14.4 Å². The number of alkyl carbamates (subject to hydrolysis) is 1. The summed E-state index contributed by atoms with van der Waals surface area (Å²) in [5.74, 6) is 1.26. The summed E-state index contributed by atoms with van der Waals surface area (Å²) in [6, 6.07) is 28.5. The summed E-state index contributed by atoms with van der Waals surface area (Å²) in [7, 11) is 0. The van der Waals surface area contributed by atoms with E-state index >= 15 is 0 Å². The number of amides is 4. The van der Waals surface area contributed by atoms with E-state index < -0.39 is 18.2 Å². The number of imidazole rings is 2. The Balaban J connectivity index is 0.797. The molecule has 0 aliphatic carbocycles. The number of nitrogens with zero attached hydrogens (tertiary/aromatic N) is 4. The molecule has 0 radical (unpaired) electrons. The average Bonchev–Trinajstić information content (AvgIpc) is 4.23. The maximum absolute atomic E-state index is 14.3. The van der Waals surface area contributed by atoms with Crippen LogP contribution in [0.5, 0.6) is 0 Å². The van der Waals surface area contributed by atoms with Gasteiger partial charge in [0.05, 0.1) is 42.9 Å². The van der Waals surface area contributed by atoms with Crippen molar-refractivity contribution in [1.29, 1.82) is 0 Å². The van der Waals surface area contributed by atoms with Gasteiger partial charge in [0.1, 0.15) is 29.8 Å². The van der Waals surface area contributed by atoms with Crippen molar-refractivity contribution in [2.24, 2.45) is 5.92 Å². The summed E-state index contributed by atoms with van der Waals surface area (Å²) in [6.45, 7) is 3.46. The Kier molecular flexibility index (Phi) is 13.1. The zero-order valence-electron chi connectivity index (χ0n) is 37.4. The molecule has 0 spiro atoms. The molecule has 2 aromatic heterocycles. The number of rotatable bonds is 13. The predicted molar refractivity (Wildman–Crippen MR) is 251 cm³/mol. The van der Waals surface area contributed by atoms with Crippen molar-refractivity contribution in [1.82, 2.24) is 40.4 Å². The van der Waals surface area contributed by atoms with Crippen molar-refractivity contribution in [3.8, 4) is 33.6 Å². The van der Waals surface area contributed by atoms with Crippen LogP contribution < -0.4 is 10.6 Å². The number of carbonyl (C=O) groups is 4. The van der Waals surface area contributed by atoms with Crippen molar-refractivity contribution in [3.63, 3.8) is 0 Å². The first-order valence-corrected chi connectivity index (χ1v) is 23.6. The fourth-order valence-corrected chi connectivity index (χ4v) is 10.3. The highest BCUT2D eigenvalue weighted by molar-refractivity contribution is 5.91. The van der Waals surface area contributed by atoms with E-state index in [-0.39, 0.29) is 35.9 Å². The first-order valence-electron chi connectivity index (χ1n) is 23.6. The minimum Gasteiger partial charge on any atom is -0.446 e. The van der Waals surface area contributed by atoms with E-state index in [9.17, 15) is 19.2 Å². The Morgan fingerprint density at radius 3 is 2.06 bits per heavy atom. The molecular formula is C52H56N8O7. The van der Waals surface area contributed by atoms with Crippen LogP contribution in [0.2, 0.25) is 0 Å². The van der Waals surface area contributed by atoms with E-state index in [1.54, 1.807) is 0 Å². The number of hydrogen-bond donors (Lipinski definition) is 4. The van der Waals surface area contributed by atoms with Crippen LogP contribution in [0.3, 0.4) is 0 Å². The van der Waals surface area contributed by atoms with Crippen LogP contribution in [-0.2, 0) is 28.6 Å². The minimum atomic E-state index is -0.902. The van der Waals surface area contributed by atoms with E-state index in [0.717, 1.165) is 88.8 Å². The highest BCUT2D eigenvalue weighted by atomic mass is 16.6. The Morgan fingerprint density at radius 1 is 0.716 bits per heavy atom. The molecule has 0 unspecified atom stereocenters. The molecule has 4 saturated heterocycles. The maximum atomic E-state index is 14.3. The van der Waals surface area contributed by atoms with Crippen LogP contribution in [-0.4, -0.2) is 106 Å². The van der Waals surface area contributed by atoms with E-state index in [2.05, 4.69) is 81.3 Å². The van der Waals surface area contributed by atoms with Gasteiger partial charge in [0.15, 0.2) is 0 Å². The van der Waals surface area contributed by atoms with Gasteiger partial charge in [0, 0.05) is 50.9 Å². The lowest BCUT2D eigenvalue weighted by atomic mass is 9.90. The zero-order valence-corrected chi connectivity index (χ0v) is 37.4. The number of likely N-dealkylation sites (tertiary alicyclic amines) is 2. The van der Waals surface area contributed by atoms with Gasteiger partial charge < -0.3 is 44.6 Å². The fourth-order valence-electron chi connectivity index (χ4n) is 10.3. The van der Waals surface area contributed by atoms with Gasteiger partial charge in [-0.15, -0.1) is 0 Å². The molecule has 4 aromatic carbocycles. The van der Waals surface area contributed by atoms with Crippen molar-refractivity contribution in [2.75, 3.05) is 39.5 Å². The molecule has 346 valence electrons. The summed E-state index contributed by atoms with van der Waals surface area (Å²) < 4.78 is 16.6. The number of ether oxygens (including phenoxy) is 3. The lowest BCUT2D eigenvalue weighted by Gasteiger charge is -2.33. The van der Waals surface area contributed by atoms with Crippen LogP contribution in [0.4, 0.5) is 4.79 Å². The summed E-state index contributed by atoms with van der Waals surface area (Å²) in [5.41, 5.74) is 6.48. The first kappa shape index (κ1) is 44.0. The molecule has 4 amide bonds. The third-order valence-corrected chi connectivity index (χ3v) is 13.9. The molecule has 6 aromatic rings. The van der Waals surface area contributed by atoms with Gasteiger partial charge in [0.25, 0.3) is 5.91 Å². The molecule has 6 heterocycles. The smallest absolute Gasteiger partial charge is 0.408 e. The van der Waals surface area contributed by atoms with Crippen molar-refractivity contribution in [3.05, 3.63) is 121 Å². The van der Waals surface area contributed by atoms with Gasteiger partial charge >= 0.3 is 6.09 Å². The number of carbonyl (C=O) groups excluding carboxylic acids is 4. The van der Waals surface area contributed by atoms with Crippen LogP contribution in [0.1, 0.15) is 86.7 Å². The summed E-state index contributed by atoms with van der Waals surface area (Å²) >= 11 is 0. The van der Waals surface area contributed by atoms with Gasteiger partial charge in [-0.1, -0.05) is 78.9 Å². The summed E-state index contributed by atoms with van der Waals surface area (Å²) in [4.78, 5) is 73.1. The normalized spacial score (nSPS) is 20.1. The van der Waals surface area contributed by atoms with Gasteiger partial charge in [-0.2, -0.15) is 0 Å². The van der Waals surface area contributed by atoms with Crippen molar-refractivity contribution in [2.45, 2.75) is 81.6 Å². The lowest BCUT2D eigenvalue weighted by Crippen LogP contribution is -2.51. The van der Waals surface area contributed by atoms with Gasteiger partial charge in [-0.25, -0.2) is 14.8 Å². The minimum absolute atomic E-state index is 0.0518. The number of aromatic amines is 2. The number of hydrogen-bond acceptors (Lipinski definition) is 9. The Morgan fingerprint density at radius 2 is 1.34 bits per heavy atom. The highest BCUT2D eigenvalue weighted by Crippen LogP contribution is 2.37. The predicted octanol–water partition coefficient (Wildman–Crippen LogP) is 7.80. The maximum Gasteiger partial charge on any atom is 0.408 e. The lowest BCUT2D eigenvalue weighted by molar-refractivity contribution is -0.138. The molecule has 4 N–H and O–H groups in total. The van der Waals surface area contributed by atoms with Crippen LogP contribution >= 0.6 is 0 Å². The molecule has 0 saturated carbocycles. The molecule has 67 heavy (non-hydrogen) atoms. The van der Waals surface area contributed by atoms with Crippen LogP contribution in [0.25, 0.3) is 44.4 Å². The monoisotopic (exact) mass is 904 g/mol. The quantitative estimate of drug-likeness (QED) is 0.0841. The number of fused-ring (bicyclic) bond motifs is 1. The van der Waals surface area contributed by atoms with E-state index in [0.29, 0.717) is 70.2 Å². The summed E-state index contributed by atoms with van der Waals surface area (Å²) in [5, 5.41) is 7.88. The van der Waals surface area contributed by atoms with Crippen molar-refractivity contribution < 1.29 is 33.4 Å². The van der Waals surface area contributed by atoms with Gasteiger partial charge in [-0.05, 0) is 89.6 Å². The second-order valence-electron chi connectivity index (χ2n) is 18.0. The third kappa shape index (κ3) is 9.56. The average molecular weight is 905 g/mol. The molecule has 15 heteroatoms. The molecule has 4 fully saturated rings. The second kappa shape index (κ2) is 19.9. The second-order valence-corrected chi connectivity index (χ2v) is 18.0. The van der Waals surface area contributed by atoms with Crippen LogP contribution in [0, 0.1) is 5.92 Å². The Labute approximate surface area is 389 Å². The number of aromatic nitrogens is 4. The molecule has 10 rings (SSSR count). The topological polar surface area (TPSA) is 184 Å². The molecule has 4 aliphatic heterocycles. The SMILES string of the molecule is O=CN[C@H](C(=O)N1CCC[C@H]1c1nc(-c2ccc3cc(-c4ccc(-c5cnc([C@@H]6CCCN6C(=O)[C@H](NC(=O)OC6CCOCC6)c6ccccc6)[nH]5)cc4)ccc3c2)c[nH]1)C1CCOCC1. The molecular weight excluding hydrogens is 849 g/mol. The zero-order chi connectivity index (χ0) is 45.7. The van der Waals surface area contributed by atoms with Crippen LogP contribution in [0.15, 0.2) is 103 Å². The molecule has 4 atom stereocenters. The number of nitrogens with one attached hydrogen (secondary N) is 4. The largest absolute Gasteiger partial charge is 0.446 e. The standard InChI is InChI=1S/C52H56N8O7/c61-32-55-46(36-18-24-65-25-19-36)50(62)59-22-4-8-44(59)49-54-31-43(57-49)40-17-16-38-28-37(14-15-39(38)29-40)33-10-12-34(13-11-33)42-30-53-48(56-42)45-9-5-23-60(45)51(63)47(35-6-2-1-3-7-35)58-52(64)67-41-20-26-66-27-21-41/h1-3,6-7,10-17,28-32,36,41,44-47H,4-5,8-9,18-27H2,(H,53,56)(H,54,57)(H,55,61)(H,58,64)/t44-,45-,46-,47+/m0/s1. The highest BCUT2D eigenvalue weighted by Gasteiger charge is 2.40. The van der Waals surface area contributed by atoms with E-state index in [1.165, 1.54) is 0 Å². The molecule has 15 nitrogen and oxygen atoms in total. The number of benzene rings is 4. The number of H-pyrrole nitrogens is 2. The van der Waals surface area contributed by atoms with E-state index in [1.807, 2.05) is 52.5 Å². The molecule has 0 bridgehead atoms. The van der Waals surface area contributed by atoms with Crippen molar-refractivity contribution >= 4 is 35.1 Å². The van der Waals surface area contributed by atoms with E-state index in [4.69, 9.17) is 24.2 Å². The molecule has 4 aliphatic rings. The summed E-state index contributed by atoms with van der Waals surface area (Å²) in [6.07, 6.45) is 9.51.